The van der Waals surface area contributed by atoms with Crippen LogP contribution in [0.25, 0.3) is 0 Å². The number of nitrogens with two attached hydrogens (primary N) is 1. The van der Waals surface area contributed by atoms with E-state index in [4.69, 9.17) is 22.1 Å². The molecule has 0 aliphatic carbocycles. The van der Waals surface area contributed by atoms with E-state index in [1.807, 2.05) is 26.8 Å². The highest BCUT2D eigenvalue weighted by Gasteiger charge is 2.12. The molecule has 1 aromatic rings. The molecule has 2 N–H and O–H groups in total. The van der Waals surface area contributed by atoms with Crippen LogP contribution >= 0.6 is 11.6 Å². The molecule has 0 bridgehead atoms. The molecule has 0 fully saturated rings. The second-order valence-corrected chi connectivity index (χ2v) is 4.74. The van der Waals surface area contributed by atoms with Gasteiger partial charge in [-0.2, -0.15) is 0 Å². The van der Waals surface area contributed by atoms with Crippen molar-refractivity contribution in [3.8, 4) is 5.75 Å². The van der Waals surface area contributed by atoms with Gasteiger partial charge in [0.2, 0.25) is 0 Å². The third-order valence-corrected chi connectivity index (χ3v) is 3.24. The van der Waals surface area contributed by atoms with Crippen LogP contribution in [-0.2, 0) is 4.79 Å². The monoisotopic (exact) mass is 284 g/mol. The van der Waals surface area contributed by atoms with Gasteiger partial charge in [0.05, 0.1) is 5.02 Å². The molecule has 0 aromatic heterocycles. The van der Waals surface area contributed by atoms with Gasteiger partial charge in [0, 0.05) is 19.1 Å². The number of hydrogen-bond acceptors (Lipinski definition) is 3. The van der Waals surface area contributed by atoms with Gasteiger partial charge in [0.1, 0.15) is 5.75 Å². The lowest BCUT2D eigenvalue weighted by Gasteiger charge is -2.19. The number of rotatable bonds is 6. The van der Waals surface area contributed by atoms with Gasteiger partial charge >= 0.3 is 0 Å². The molecule has 0 saturated carbocycles. The first-order valence-corrected chi connectivity index (χ1v) is 6.83. The number of carbonyl (C=O) groups is 1. The maximum Gasteiger partial charge on any atom is 0.260 e. The van der Waals surface area contributed by atoms with Crippen molar-refractivity contribution >= 4 is 17.5 Å². The van der Waals surface area contributed by atoms with Gasteiger partial charge < -0.3 is 15.4 Å². The molecule has 0 radical (unpaired) electrons. The highest BCUT2D eigenvalue weighted by molar-refractivity contribution is 6.32. The lowest BCUT2D eigenvalue weighted by Crippen LogP contribution is -2.34. The Bertz CT molecular complexity index is 431. The molecule has 1 amide bonds. The molecular formula is C14H21ClN2O2. The van der Waals surface area contributed by atoms with Crippen molar-refractivity contribution < 1.29 is 9.53 Å². The molecule has 0 spiro atoms. The molecule has 0 saturated heterocycles. The van der Waals surface area contributed by atoms with Crippen molar-refractivity contribution in [2.75, 3.05) is 19.7 Å². The van der Waals surface area contributed by atoms with E-state index in [2.05, 4.69) is 0 Å². The van der Waals surface area contributed by atoms with Gasteiger partial charge in [0.25, 0.3) is 5.91 Å². The van der Waals surface area contributed by atoms with E-state index in [1.54, 1.807) is 17.0 Å². The minimum Gasteiger partial charge on any atom is -0.482 e. The number of ether oxygens (including phenoxy) is 1. The Hall–Kier alpha value is -1.26. The second-order valence-electron chi connectivity index (χ2n) is 4.33. The quantitative estimate of drug-likeness (QED) is 0.874. The lowest BCUT2D eigenvalue weighted by atomic mass is 10.1. The number of likely N-dealkylation sites (N-methyl/N-ethyl adjacent to an activating group) is 1. The van der Waals surface area contributed by atoms with Crippen LogP contribution in [-0.4, -0.2) is 30.5 Å². The lowest BCUT2D eigenvalue weighted by molar-refractivity contribution is -0.132. The number of amides is 1. The van der Waals surface area contributed by atoms with Crippen molar-refractivity contribution in [2.45, 2.75) is 26.8 Å². The zero-order chi connectivity index (χ0) is 14.4. The fraction of sp³-hybridized carbons (Fsp3) is 0.500. The Morgan fingerprint density at radius 2 is 2.05 bits per heavy atom. The van der Waals surface area contributed by atoms with Gasteiger partial charge in [-0.1, -0.05) is 17.7 Å². The Morgan fingerprint density at radius 1 is 1.42 bits per heavy atom. The number of nitrogens with zero attached hydrogens (tertiary/aromatic N) is 1. The normalized spacial score (nSPS) is 12.1. The van der Waals surface area contributed by atoms with Crippen molar-refractivity contribution in [2.24, 2.45) is 5.73 Å². The van der Waals surface area contributed by atoms with E-state index in [-0.39, 0.29) is 18.6 Å². The molecule has 0 unspecified atom stereocenters. The third-order valence-electron chi connectivity index (χ3n) is 2.95. The first-order valence-electron chi connectivity index (χ1n) is 6.45. The van der Waals surface area contributed by atoms with E-state index in [0.29, 0.717) is 23.9 Å². The van der Waals surface area contributed by atoms with Crippen molar-refractivity contribution in [3.63, 3.8) is 0 Å². The molecule has 1 rings (SSSR count). The molecule has 19 heavy (non-hydrogen) atoms. The van der Waals surface area contributed by atoms with Gasteiger partial charge in [-0.3, -0.25) is 4.79 Å². The molecule has 5 heteroatoms. The zero-order valence-corrected chi connectivity index (χ0v) is 12.4. The first kappa shape index (κ1) is 15.8. The van der Waals surface area contributed by atoms with Crippen LogP contribution in [0, 0.1) is 0 Å². The van der Waals surface area contributed by atoms with Gasteiger partial charge in [0.15, 0.2) is 6.61 Å². The fourth-order valence-electron chi connectivity index (χ4n) is 1.72. The number of halogens is 1. The summed E-state index contributed by atoms with van der Waals surface area (Å²) in [6, 6.07) is 5.29. The summed E-state index contributed by atoms with van der Waals surface area (Å²) in [6.07, 6.45) is 0. The molecular weight excluding hydrogens is 264 g/mol. The molecule has 1 aromatic carbocycles. The average molecular weight is 285 g/mol. The molecule has 1 atom stereocenters. The van der Waals surface area contributed by atoms with Crippen LogP contribution in [0.4, 0.5) is 0 Å². The van der Waals surface area contributed by atoms with Crippen molar-refractivity contribution in [1.82, 2.24) is 4.90 Å². The summed E-state index contributed by atoms with van der Waals surface area (Å²) in [5, 5.41) is 0.474. The van der Waals surface area contributed by atoms with Crippen molar-refractivity contribution in [3.05, 3.63) is 28.8 Å². The summed E-state index contributed by atoms with van der Waals surface area (Å²) in [5.41, 5.74) is 6.71. The predicted molar refractivity (Wildman–Crippen MR) is 77.5 cm³/mol. The highest BCUT2D eigenvalue weighted by atomic mass is 35.5. The molecule has 106 valence electrons. The van der Waals surface area contributed by atoms with Crippen LogP contribution in [0.15, 0.2) is 18.2 Å². The molecule has 4 nitrogen and oxygen atoms in total. The summed E-state index contributed by atoms with van der Waals surface area (Å²) in [7, 11) is 0. The summed E-state index contributed by atoms with van der Waals surface area (Å²) in [4.78, 5) is 13.5. The van der Waals surface area contributed by atoms with E-state index in [0.717, 1.165) is 5.56 Å². The SMILES string of the molecule is CCN(CC)C(=O)COc1ccc([C@H](C)N)cc1Cl. The predicted octanol–water partition coefficient (Wildman–Crippen LogP) is 2.61. The van der Waals surface area contributed by atoms with Crippen molar-refractivity contribution in [1.29, 1.82) is 0 Å². The van der Waals surface area contributed by atoms with Crippen LogP contribution in [0.3, 0.4) is 0 Å². The highest BCUT2D eigenvalue weighted by Crippen LogP contribution is 2.27. The van der Waals surface area contributed by atoms with Crippen LogP contribution in [0.1, 0.15) is 32.4 Å². The third kappa shape index (κ3) is 4.40. The largest absolute Gasteiger partial charge is 0.482 e. The second kappa shape index (κ2) is 7.36. The Labute approximate surface area is 119 Å². The minimum absolute atomic E-state index is 0.00107. The maximum atomic E-state index is 11.8. The van der Waals surface area contributed by atoms with Crippen LogP contribution in [0.5, 0.6) is 5.75 Å². The molecule has 0 aliphatic rings. The maximum absolute atomic E-state index is 11.8. The average Bonchev–Trinajstić information content (AvgIpc) is 2.38. The number of carbonyl (C=O) groups excluding carboxylic acids is 1. The standard InChI is InChI=1S/C14H21ClN2O2/c1-4-17(5-2)14(18)9-19-13-7-6-11(10(3)16)8-12(13)15/h6-8,10H,4-5,9,16H2,1-3H3/t10-/m0/s1. The summed E-state index contributed by atoms with van der Waals surface area (Å²) in [6.45, 7) is 7.11. The first-order chi connectivity index (χ1) is 8.99. The zero-order valence-electron chi connectivity index (χ0n) is 11.6. The smallest absolute Gasteiger partial charge is 0.260 e. The van der Waals surface area contributed by atoms with Gasteiger partial charge in [-0.25, -0.2) is 0 Å². The summed E-state index contributed by atoms with van der Waals surface area (Å²) in [5.74, 6) is 0.462. The van der Waals surface area contributed by atoms with Crippen LogP contribution in [0.2, 0.25) is 5.02 Å². The Balaban J connectivity index is 2.66. The summed E-state index contributed by atoms with van der Waals surface area (Å²) >= 11 is 6.10. The van der Waals surface area contributed by atoms with Gasteiger partial charge in [-0.05, 0) is 38.5 Å². The minimum atomic E-state index is -0.0798. The fourth-order valence-corrected chi connectivity index (χ4v) is 1.97. The van der Waals surface area contributed by atoms with E-state index in [9.17, 15) is 4.79 Å². The molecule has 0 aliphatic heterocycles. The Kier molecular flexibility index (Phi) is 6.12. The molecule has 0 heterocycles. The number of benzene rings is 1. The number of hydrogen-bond donors (Lipinski definition) is 1. The van der Waals surface area contributed by atoms with E-state index >= 15 is 0 Å². The van der Waals surface area contributed by atoms with Crippen LogP contribution < -0.4 is 10.5 Å². The van der Waals surface area contributed by atoms with Gasteiger partial charge in [-0.15, -0.1) is 0 Å². The van der Waals surface area contributed by atoms with E-state index < -0.39 is 0 Å². The topological polar surface area (TPSA) is 55.6 Å². The Morgan fingerprint density at radius 3 is 2.53 bits per heavy atom. The summed E-state index contributed by atoms with van der Waals surface area (Å²) < 4.78 is 5.45. The van der Waals surface area contributed by atoms with E-state index in [1.165, 1.54) is 0 Å².